The van der Waals surface area contributed by atoms with Gasteiger partial charge in [-0.25, -0.2) is 9.97 Å². The molecule has 0 spiro atoms. The summed E-state index contributed by atoms with van der Waals surface area (Å²) in [5.41, 5.74) is 3.82. The Morgan fingerprint density at radius 3 is 2.92 bits per heavy atom. The third kappa shape index (κ3) is 2.89. The summed E-state index contributed by atoms with van der Waals surface area (Å²) >= 11 is 1.56. The first-order chi connectivity index (χ1) is 12.1. The van der Waals surface area contributed by atoms with Crippen LogP contribution in [0.25, 0.3) is 21.6 Å². The Hall–Kier alpha value is -3.06. The number of carbonyl (C=O) groups excluding carboxylic acids is 1. The molecule has 6 nitrogen and oxygen atoms in total. The minimum Gasteiger partial charge on any atom is -0.322 e. The summed E-state index contributed by atoms with van der Waals surface area (Å²) < 4.78 is 1.71. The van der Waals surface area contributed by atoms with Gasteiger partial charge in [0.1, 0.15) is 5.01 Å². The van der Waals surface area contributed by atoms with Crippen molar-refractivity contribution in [1.29, 1.82) is 0 Å². The number of pyridine rings is 1. The summed E-state index contributed by atoms with van der Waals surface area (Å²) in [7, 11) is 1.84. The molecule has 7 heteroatoms. The van der Waals surface area contributed by atoms with E-state index in [4.69, 9.17) is 0 Å². The second-order valence-corrected chi connectivity index (χ2v) is 6.57. The van der Waals surface area contributed by atoms with E-state index in [-0.39, 0.29) is 5.91 Å². The SMILES string of the molecule is Cc1nn(C)c2ncc(C(=O)Nc3cccc(-c4nccs4)c3)cc12. The Bertz CT molecular complexity index is 1070. The third-order valence-electron chi connectivity index (χ3n) is 3.92. The van der Waals surface area contributed by atoms with E-state index < -0.39 is 0 Å². The fourth-order valence-corrected chi connectivity index (χ4v) is 3.37. The van der Waals surface area contributed by atoms with Crippen molar-refractivity contribution in [2.45, 2.75) is 6.92 Å². The molecule has 0 fully saturated rings. The van der Waals surface area contributed by atoms with Crippen LogP contribution < -0.4 is 5.32 Å². The first-order valence-corrected chi connectivity index (χ1v) is 8.60. The van der Waals surface area contributed by atoms with Crippen LogP contribution >= 0.6 is 11.3 Å². The number of hydrogen-bond donors (Lipinski definition) is 1. The molecule has 0 aliphatic carbocycles. The Morgan fingerprint density at radius 1 is 1.24 bits per heavy atom. The Kier molecular flexibility index (Phi) is 3.77. The molecule has 3 aromatic heterocycles. The predicted octanol–water partition coefficient (Wildman–Crippen LogP) is 3.65. The number of amides is 1. The summed E-state index contributed by atoms with van der Waals surface area (Å²) in [6.07, 6.45) is 3.34. The quantitative estimate of drug-likeness (QED) is 0.613. The molecule has 0 bridgehead atoms. The number of fused-ring (bicyclic) bond motifs is 1. The summed E-state index contributed by atoms with van der Waals surface area (Å²) in [5.74, 6) is -0.200. The lowest BCUT2D eigenvalue weighted by Gasteiger charge is -2.07. The van der Waals surface area contributed by atoms with E-state index in [0.29, 0.717) is 5.56 Å². The number of rotatable bonds is 3. The molecule has 0 unspecified atom stereocenters. The third-order valence-corrected chi connectivity index (χ3v) is 4.75. The van der Waals surface area contributed by atoms with Gasteiger partial charge in [-0.2, -0.15) is 5.10 Å². The molecule has 3 heterocycles. The lowest BCUT2D eigenvalue weighted by Crippen LogP contribution is -2.12. The van der Waals surface area contributed by atoms with E-state index in [1.807, 2.05) is 49.7 Å². The molecule has 0 saturated heterocycles. The highest BCUT2D eigenvalue weighted by atomic mass is 32.1. The van der Waals surface area contributed by atoms with Gasteiger partial charge in [-0.05, 0) is 25.1 Å². The molecular formula is C18H15N5OS. The van der Waals surface area contributed by atoms with Crippen LogP contribution in [0.3, 0.4) is 0 Å². The second kappa shape index (κ2) is 6.10. The number of anilines is 1. The van der Waals surface area contributed by atoms with Gasteiger partial charge in [0.05, 0.1) is 11.3 Å². The van der Waals surface area contributed by atoms with Gasteiger partial charge in [-0.15, -0.1) is 11.3 Å². The van der Waals surface area contributed by atoms with E-state index in [9.17, 15) is 4.79 Å². The zero-order chi connectivity index (χ0) is 17.4. The number of thiazole rings is 1. The first kappa shape index (κ1) is 15.5. The van der Waals surface area contributed by atoms with Crippen molar-refractivity contribution in [2.24, 2.45) is 7.05 Å². The van der Waals surface area contributed by atoms with Gasteiger partial charge >= 0.3 is 0 Å². The standard InChI is InChI=1S/C18H15N5OS/c1-11-15-9-13(10-20-16(15)23(2)22-11)17(24)21-14-5-3-4-12(8-14)18-19-6-7-25-18/h3-10H,1-2H3,(H,21,24). The first-order valence-electron chi connectivity index (χ1n) is 7.72. The number of aryl methyl sites for hydroxylation is 2. The average Bonchev–Trinajstić information content (AvgIpc) is 3.24. The molecule has 4 rings (SSSR count). The van der Waals surface area contributed by atoms with E-state index >= 15 is 0 Å². The molecule has 25 heavy (non-hydrogen) atoms. The van der Waals surface area contributed by atoms with Crippen molar-refractivity contribution in [3.05, 3.63) is 59.4 Å². The van der Waals surface area contributed by atoms with E-state index in [1.54, 1.807) is 28.4 Å². The van der Waals surface area contributed by atoms with E-state index in [2.05, 4.69) is 20.4 Å². The Morgan fingerprint density at radius 2 is 2.12 bits per heavy atom. The van der Waals surface area contributed by atoms with Crippen molar-refractivity contribution < 1.29 is 4.79 Å². The van der Waals surface area contributed by atoms with Crippen LogP contribution in [0, 0.1) is 6.92 Å². The van der Waals surface area contributed by atoms with Gasteiger partial charge in [-0.1, -0.05) is 12.1 Å². The van der Waals surface area contributed by atoms with Crippen molar-refractivity contribution >= 4 is 34.0 Å². The van der Waals surface area contributed by atoms with Crippen molar-refractivity contribution in [3.63, 3.8) is 0 Å². The summed E-state index contributed by atoms with van der Waals surface area (Å²) in [6.45, 7) is 1.91. The maximum absolute atomic E-state index is 12.6. The molecule has 1 aromatic carbocycles. The van der Waals surface area contributed by atoms with Crippen LogP contribution in [0.2, 0.25) is 0 Å². The maximum atomic E-state index is 12.6. The Labute approximate surface area is 148 Å². The minimum absolute atomic E-state index is 0.200. The van der Waals surface area contributed by atoms with Crippen LogP contribution in [0.5, 0.6) is 0 Å². The molecular weight excluding hydrogens is 334 g/mol. The van der Waals surface area contributed by atoms with Crippen molar-refractivity contribution in [1.82, 2.24) is 19.7 Å². The molecule has 1 amide bonds. The molecule has 0 atom stereocenters. The zero-order valence-corrected chi connectivity index (χ0v) is 14.5. The highest BCUT2D eigenvalue weighted by molar-refractivity contribution is 7.13. The van der Waals surface area contributed by atoms with E-state index in [1.165, 1.54) is 0 Å². The van der Waals surface area contributed by atoms with Crippen LogP contribution in [0.1, 0.15) is 16.1 Å². The fourth-order valence-electron chi connectivity index (χ4n) is 2.73. The lowest BCUT2D eigenvalue weighted by molar-refractivity contribution is 0.102. The van der Waals surface area contributed by atoms with Crippen molar-refractivity contribution in [2.75, 3.05) is 5.32 Å². The molecule has 0 radical (unpaired) electrons. The number of nitrogens with zero attached hydrogens (tertiary/aromatic N) is 4. The number of hydrogen-bond acceptors (Lipinski definition) is 5. The number of nitrogens with one attached hydrogen (secondary N) is 1. The van der Waals surface area contributed by atoms with Crippen LogP contribution in [0.4, 0.5) is 5.69 Å². The fraction of sp³-hybridized carbons (Fsp3) is 0.111. The summed E-state index contributed by atoms with van der Waals surface area (Å²) in [4.78, 5) is 21.2. The van der Waals surface area contributed by atoms with Crippen molar-refractivity contribution in [3.8, 4) is 10.6 Å². The smallest absolute Gasteiger partial charge is 0.257 e. The molecule has 0 aliphatic rings. The Balaban J connectivity index is 1.62. The van der Waals surface area contributed by atoms with Gasteiger partial charge in [0.15, 0.2) is 5.65 Å². The summed E-state index contributed by atoms with van der Waals surface area (Å²) in [6, 6.07) is 9.47. The van der Waals surface area contributed by atoms with Crippen LogP contribution in [-0.2, 0) is 7.05 Å². The minimum atomic E-state index is -0.200. The molecule has 4 aromatic rings. The monoisotopic (exact) mass is 349 g/mol. The highest BCUT2D eigenvalue weighted by Gasteiger charge is 2.12. The molecule has 0 saturated carbocycles. The predicted molar refractivity (Wildman–Crippen MR) is 98.7 cm³/mol. The molecule has 124 valence electrons. The second-order valence-electron chi connectivity index (χ2n) is 5.68. The normalized spacial score (nSPS) is 11.0. The number of aromatic nitrogens is 4. The lowest BCUT2D eigenvalue weighted by atomic mass is 10.1. The van der Waals surface area contributed by atoms with Gasteiger partial charge in [0, 0.05) is 41.5 Å². The molecule has 1 N–H and O–H groups in total. The maximum Gasteiger partial charge on any atom is 0.257 e. The van der Waals surface area contributed by atoms with Gasteiger partial charge in [0.25, 0.3) is 5.91 Å². The topological polar surface area (TPSA) is 72.7 Å². The molecule has 0 aliphatic heterocycles. The summed E-state index contributed by atoms with van der Waals surface area (Å²) in [5, 5.41) is 11.0. The zero-order valence-electron chi connectivity index (χ0n) is 13.7. The van der Waals surface area contributed by atoms with E-state index in [0.717, 1.165) is 33.0 Å². The van der Waals surface area contributed by atoms with Gasteiger partial charge in [-0.3, -0.25) is 9.48 Å². The van der Waals surface area contributed by atoms with Gasteiger partial charge in [0.2, 0.25) is 0 Å². The number of carbonyl (C=O) groups is 1. The largest absolute Gasteiger partial charge is 0.322 e. The highest BCUT2D eigenvalue weighted by Crippen LogP contribution is 2.25. The number of benzene rings is 1. The van der Waals surface area contributed by atoms with Gasteiger partial charge < -0.3 is 5.32 Å². The van der Waals surface area contributed by atoms with Crippen LogP contribution in [-0.4, -0.2) is 25.7 Å². The van der Waals surface area contributed by atoms with Crippen LogP contribution in [0.15, 0.2) is 48.1 Å². The average molecular weight is 349 g/mol.